The molecule has 0 saturated carbocycles. The van der Waals surface area contributed by atoms with Gasteiger partial charge in [0.05, 0.1) is 0 Å². The first-order chi connectivity index (χ1) is 13.5. The molecule has 1 aliphatic rings. The van der Waals surface area contributed by atoms with Gasteiger partial charge in [0.15, 0.2) is 0 Å². The number of aliphatic hydroxyl groups is 1. The summed E-state index contributed by atoms with van der Waals surface area (Å²) in [7, 11) is 0. The first-order valence-electron chi connectivity index (χ1n) is 9.41. The third kappa shape index (κ3) is 6.12. The molecule has 2 aromatic rings. The van der Waals surface area contributed by atoms with Crippen molar-refractivity contribution in [1.29, 1.82) is 0 Å². The van der Waals surface area contributed by atoms with Crippen molar-refractivity contribution < 1.29 is 14.6 Å². The SMILES string of the molecule is CC(=O)Nc1ccc(OC[C@H](O)CN2CCN(c3ccc(Cl)cc3)CC2)cc1. The normalized spacial score (nSPS) is 15.9. The molecule has 3 rings (SSSR count). The van der Waals surface area contributed by atoms with Crippen LogP contribution in [0.4, 0.5) is 11.4 Å². The average molecular weight is 404 g/mol. The van der Waals surface area contributed by atoms with E-state index in [0.29, 0.717) is 12.3 Å². The number of carbonyl (C=O) groups is 1. The van der Waals surface area contributed by atoms with Gasteiger partial charge in [0, 0.05) is 56.0 Å². The summed E-state index contributed by atoms with van der Waals surface area (Å²) < 4.78 is 5.66. The zero-order valence-electron chi connectivity index (χ0n) is 16.0. The molecule has 28 heavy (non-hydrogen) atoms. The number of hydrogen-bond donors (Lipinski definition) is 2. The summed E-state index contributed by atoms with van der Waals surface area (Å²) in [6.07, 6.45) is -0.558. The highest BCUT2D eigenvalue weighted by molar-refractivity contribution is 6.30. The Morgan fingerprint density at radius 2 is 1.75 bits per heavy atom. The van der Waals surface area contributed by atoms with Crippen molar-refractivity contribution in [2.75, 3.05) is 49.5 Å². The van der Waals surface area contributed by atoms with Crippen molar-refractivity contribution in [3.8, 4) is 5.75 Å². The number of nitrogens with zero attached hydrogens (tertiary/aromatic N) is 2. The van der Waals surface area contributed by atoms with E-state index in [1.807, 2.05) is 24.3 Å². The van der Waals surface area contributed by atoms with Crippen molar-refractivity contribution in [3.63, 3.8) is 0 Å². The van der Waals surface area contributed by atoms with E-state index in [1.165, 1.54) is 12.6 Å². The fraction of sp³-hybridized carbons (Fsp3) is 0.381. The lowest BCUT2D eigenvalue weighted by molar-refractivity contribution is -0.114. The second-order valence-electron chi connectivity index (χ2n) is 6.93. The second-order valence-corrected chi connectivity index (χ2v) is 7.37. The molecule has 0 unspecified atom stereocenters. The summed E-state index contributed by atoms with van der Waals surface area (Å²) in [5.41, 5.74) is 1.90. The Labute approximate surface area is 170 Å². The number of carbonyl (C=O) groups excluding carboxylic acids is 1. The summed E-state index contributed by atoms with van der Waals surface area (Å²) in [6, 6.07) is 15.0. The zero-order valence-corrected chi connectivity index (χ0v) is 16.7. The first-order valence-corrected chi connectivity index (χ1v) is 9.79. The van der Waals surface area contributed by atoms with Crippen molar-refractivity contribution >= 4 is 28.9 Å². The van der Waals surface area contributed by atoms with Crippen LogP contribution in [0.3, 0.4) is 0 Å². The first kappa shape index (κ1) is 20.5. The maximum Gasteiger partial charge on any atom is 0.221 e. The zero-order chi connectivity index (χ0) is 19.9. The Bertz CT molecular complexity index is 759. The smallest absolute Gasteiger partial charge is 0.221 e. The van der Waals surface area contributed by atoms with Crippen LogP contribution in [0, 0.1) is 0 Å². The fourth-order valence-corrected chi connectivity index (χ4v) is 3.35. The molecule has 6 nitrogen and oxygen atoms in total. The Balaban J connectivity index is 1.39. The number of benzene rings is 2. The molecule has 0 spiro atoms. The van der Waals surface area contributed by atoms with Gasteiger partial charge in [0.1, 0.15) is 18.5 Å². The number of aliphatic hydroxyl groups excluding tert-OH is 1. The molecule has 1 fully saturated rings. The van der Waals surface area contributed by atoms with E-state index in [4.69, 9.17) is 16.3 Å². The number of amides is 1. The minimum absolute atomic E-state index is 0.111. The molecule has 0 aliphatic carbocycles. The van der Waals surface area contributed by atoms with Crippen molar-refractivity contribution in [2.45, 2.75) is 13.0 Å². The maximum atomic E-state index is 11.0. The largest absolute Gasteiger partial charge is 0.491 e. The molecule has 0 aromatic heterocycles. The number of ether oxygens (including phenoxy) is 1. The van der Waals surface area contributed by atoms with Crippen LogP contribution >= 0.6 is 11.6 Å². The third-order valence-electron chi connectivity index (χ3n) is 4.65. The molecule has 1 amide bonds. The number of halogens is 1. The Morgan fingerprint density at radius 3 is 2.36 bits per heavy atom. The lowest BCUT2D eigenvalue weighted by Crippen LogP contribution is -2.49. The van der Waals surface area contributed by atoms with Crippen molar-refractivity contribution in [2.24, 2.45) is 0 Å². The summed E-state index contributed by atoms with van der Waals surface area (Å²) in [5, 5.41) is 13.8. The van der Waals surface area contributed by atoms with Crippen LogP contribution in [0.25, 0.3) is 0 Å². The van der Waals surface area contributed by atoms with Gasteiger partial charge >= 0.3 is 0 Å². The van der Waals surface area contributed by atoms with E-state index < -0.39 is 6.10 Å². The van der Waals surface area contributed by atoms with Crippen LogP contribution in [0.1, 0.15) is 6.92 Å². The standard InChI is InChI=1S/C21H26ClN3O3/c1-16(26)23-18-4-8-21(9-5-18)28-15-20(27)14-24-10-12-25(13-11-24)19-6-2-17(22)3-7-19/h2-9,20,27H,10-15H2,1H3,(H,23,26)/t20-/m1/s1. The Hall–Kier alpha value is -2.28. The number of piperazine rings is 1. The lowest BCUT2D eigenvalue weighted by atomic mass is 10.2. The molecule has 2 N–H and O–H groups in total. The van der Waals surface area contributed by atoms with Crippen molar-refractivity contribution in [3.05, 3.63) is 53.6 Å². The number of hydrogen-bond acceptors (Lipinski definition) is 5. The number of nitrogens with one attached hydrogen (secondary N) is 1. The minimum atomic E-state index is -0.558. The minimum Gasteiger partial charge on any atom is -0.491 e. The van der Waals surface area contributed by atoms with E-state index in [0.717, 1.165) is 36.9 Å². The van der Waals surface area contributed by atoms with Gasteiger partial charge in [-0.3, -0.25) is 9.69 Å². The number of β-amino-alcohol motifs (C(OH)–C–C–N with tert-alkyl or cyclic N) is 1. The molecule has 150 valence electrons. The molecule has 1 aliphatic heterocycles. The molecule has 1 saturated heterocycles. The summed E-state index contributed by atoms with van der Waals surface area (Å²) in [5.74, 6) is 0.556. The molecular weight excluding hydrogens is 378 g/mol. The van der Waals surface area contributed by atoms with Gasteiger partial charge < -0.3 is 20.1 Å². The van der Waals surface area contributed by atoms with Gasteiger partial charge in [-0.05, 0) is 48.5 Å². The molecule has 2 aromatic carbocycles. The summed E-state index contributed by atoms with van der Waals surface area (Å²) >= 11 is 5.95. The van der Waals surface area contributed by atoms with Gasteiger partial charge in [0.2, 0.25) is 5.91 Å². The quantitative estimate of drug-likeness (QED) is 0.744. The van der Waals surface area contributed by atoms with E-state index in [9.17, 15) is 9.90 Å². The van der Waals surface area contributed by atoms with Crippen LogP contribution in [-0.2, 0) is 4.79 Å². The van der Waals surface area contributed by atoms with Crippen LogP contribution in [0.5, 0.6) is 5.75 Å². The molecule has 0 radical (unpaired) electrons. The monoisotopic (exact) mass is 403 g/mol. The Kier molecular flexibility index (Phi) is 7.14. The molecule has 0 bridgehead atoms. The molecular formula is C21H26ClN3O3. The lowest BCUT2D eigenvalue weighted by Gasteiger charge is -2.36. The van der Waals surface area contributed by atoms with Crippen LogP contribution in [0.2, 0.25) is 5.02 Å². The van der Waals surface area contributed by atoms with E-state index >= 15 is 0 Å². The molecule has 1 atom stereocenters. The van der Waals surface area contributed by atoms with Gasteiger partial charge in [-0.25, -0.2) is 0 Å². The summed E-state index contributed by atoms with van der Waals surface area (Å²) in [4.78, 5) is 15.6. The fourth-order valence-electron chi connectivity index (χ4n) is 3.22. The van der Waals surface area contributed by atoms with Gasteiger partial charge in [-0.2, -0.15) is 0 Å². The second kappa shape index (κ2) is 9.78. The molecule has 7 heteroatoms. The Morgan fingerprint density at radius 1 is 1.11 bits per heavy atom. The predicted octanol–water partition coefficient (Wildman–Crippen LogP) is 2.86. The van der Waals surface area contributed by atoms with Gasteiger partial charge in [0.25, 0.3) is 0 Å². The average Bonchev–Trinajstić information content (AvgIpc) is 2.68. The van der Waals surface area contributed by atoms with E-state index in [2.05, 4.69) is 15.1 Å². The van der Waals surface area contributed by atoms with Crippen molar-refractivity contribution in [1.82, 2.24) is 4.90 Å². The number of rotatable bonds is 7. The predicted molar refractivity (Wildman–Crippen MR) is 112 cm³/mol. The summed E-state index contributed by atoms with van der Waals surface area (Å²) in [6.45, 7) is 5.90. The number of anilines is 2. The third-order valence-corrected chi connectivity index (χ3v) is 4.90. The van der Waals surface area contributed by atoms with Gasteiger partial charge in [-0.1, -0.05) is 11.6 Å². The van der Waals surface area contributed by atoms with Crippen LogP contribution < -0.4 is 15.0 Å². The van der Waals surface area contributed by atoms with Crippen LogP contribution in [0.15, 0.2) is 48.5 Å². The highest BCUT2D eigenvalue weighted by atomic mass is 35.5. The van der Waals surface area contributed by atoms with Gasteiger partial charge in [-0.15, -0.1) is 0 Å². The highest BCUT2D eigenvalue weighted by Crippen LogP contribution is 2.20. The van der Waals surface area contributed by atoms with E-state index in [1.54, 1.807) is 24.3 Å². The topological polar surface area (TPSA) is 65.0 Å². The highest BCUT2D eigenvalue weighted by Gasteiger charge is 2.19. The van der Waals surface area contributed by atoms with Crippen LogP contribution in [-0.4, -0.2) is 61.3 Å². The van der Waals surface area contributed by atoms with E-state index in [-0.39, 0.29) is 12.5 Å². The molecule has 1 heterocycles. The maximum absolute atomic E-state index is 11.0.